The Hall–Kier alpha value is -1.65. The zero-order chi connectivity index (χ0) is 14.1. The molecule has 0 spiro atoms. The number of hydrogen-bond donors (Lipinski definition) is 1. The number of benzene rings is 2. The van der Waals surface area contributed by atoms with E-state index in [1.165, 1.54) is 6.07 Å². The average Bonchev–Trinajstić information content (AvgIpc) is 2.85. The van der Waals surface area contributed by atoms with Gasteiger partial charge in [-0.3, -0.25) is 0 Å². The molecule has 102 valence electrons. The number of nitrogens with two attached hydrogens (primary N) is 1. The number of aromatic nitrogens is 1. The van der Waals surface area contributed by atoms with E-state index in [9.17, 15) is 4.39 Å². The highest BCUT2D eigenvalue weighted by Crippen LogP contribution is 2.22. The molecule has 0 aliphatic carbocycles. The van der Waals surface area contributed by atoms with Crippen molar-refractivity contribution >= 4 is 26.8 Å². The minimum atomic E-state index is -0.198. The van der Waals surface area contributed by atoms with Crippen LogP contribution in [0.2, 0.25) is 0 Å². The molecule has 0 aliphatic rings. The van der Waals surface area contributed by atoms with Gasteiger partial charge in [0.05, 0.1) is 6.54 Å². The van der Waals surface area contributed by atoms with Crippen molar-refractivity contribution in [2.24, 2.45) is 5.73 Å². The molecule has 0 amide bonds. The molecule has 0 saturated carbocycles. The van der Waals surface area contributed by atoms with E-state index in [4.69, 9.17) is 5.73 Å². The van der Waals surface area contributed by atoms with Crippen molar-refractivity contribution in [3.8, 4) is 0 Å². The van der Waals surface area contributed by atoms with Crippen LogP contribution in [-0.2, 0) is 13.1 Å². The summed E-state index contributed by atoms with van der Waals surface area (Å²) in [6, 6.07) is 13.2. The molecular weight excluding hydrogens is 319 g/mol. The van der Waals surface area contributed by atoms with Crippen LogP contribution in [0.15, 0.2) is 53.1 Å². The van der Waals surface area contributed by atoms with Gasteiger partial charge in [0.25, 0.3) is 0 Å². The van der Waals surface area contributed by atoms with Gasteiger partial charge in [0.1, 0.15) is 5.82 Å². The Balaban J connectivity index is 2.03. The molecule has 2 nitrogen and oxygen atoms in total. The van der Waals surface area contributed by atoms with Crippen molar-refractivity contribution in [1.29, 1.82) is 0 Å². The molecule has 0 radical (unpaired) electrons. The quantitative estimate of drug-likeness (QED) is 0.770. The van der Waals surface area contributed by atoms with Gasteiger partial charge in [0, 0.05) is 33.7 Å². The molecule has 0 atom stereocenters. The van der Waals surface area contributed by atoms with Crippen LogP contribution in [0.5, 0.6) is 0 Å². The van der Waals surface area contributed by atoms with Crippen molar-refractivity contribution in [3.05, 3.63) is 70.1 Å². The van der Waals surface area contributed by atoms with Crippen molar-refractivity contribution in [1.82, 2.24) is 4.57 Å². The molecule has 1 heterocycles. The highest BCUT2D eigenvalue weighted by Gasteiger charge is 2.08. The number of halogens is 2. The van der Waals surface area contributed by atoms with Crippen LogP contribution in [0.4, 0.5) is 4.39 Å². The molecule has 0 bridgehead atoms. The number of rotatable bonds is 3. The van der Waals surface area contributed by atoms with Crippen LogP contribution in [0, 0.1) is 5.82 Å². The molecule has 20 heavy (non-hydrogen) atoms. The number of nitrogens with zero attached hydrogens (tertiary/aromatic N) is 1. The van der Waals surface area contributed by atoms with E-state index in [1.807, 2.05) is 41.1 Å². The number of hydrogen-bond acceptors (Lipinski definition) is 1. The lowest BCUT2D eigenvalue weighted by molar-refractivity contribution is 0.601. The third kappa shape index (κ3) is 2.37. The summed E-state index contributed by atoms with van der Waals surface area (Å²) in [6.07, 6.45) is 1.98. The highest BCUT2D eigenvalue weighted by molar-refractivity contribution is 9.10. The molecule has 0 unspecified atom stereocenters. The molecule has 3 rings (SSSR count). The first-order valence-corrected chi connectivity index (χ1v) is 7.19. The highest BCUT2D eigenvalue weighted by atomic mass is 79.9. The Morgan fingerprint density at radius 1 is 1.10 bits per heavy atom. The van der Waals surface area contributed by atoms with Gasteiger partial charge in [-0.15, -0.1) is 0 Å². The molecule has 2 aromatic carbocycles. The normalized spacial score (nSPS) is 11.2. The third-order valence-electron chi connectivity index (χ3n) is 3.48. The molecular formula is C16H14BrFN2. The predicted octanol–water partition coefficient (Wildman–Crippen LogP) is 4.05. The first kappa shape index (κ1) is 13.3. The fourth-order valence-corrected chi connectivity index (χ4v) is 2.77. The van der Waals surface area contributed by atoms with Crippen molar-refractivity contribution in [3.63, 3.8) is 0 Å². The minimum Gasteiger partial charge on any atom is -0.343 e. The van der Waals surface area contributed by atoms with Crippen LogP contribution in [-0.4, -0.2) is 4.57 Å². The summed E-state index contributed by atoms with van der Waals surface area (Å²) in [6.45, 7) is 1.02. The van der Waals surface area contributed by atoms with E-state index in [0.717, 1.165) is 20.9 Å². The lowest BCUT2D eigenvalue weighted by atomic mass is 10.1. The summed E-state index contributed by atoms with van der Waals surface area (Å²) in [5, 5.41) is 1.13. The van der Waals surface area contributed by atoms with Crippen molar-refractivity contribution < 1.29 is 4.39 Å². The summed E-state index contributed by atoms with van der Waals surface area (Å²) in [5.74, 6) is -0.198. The van der Waals surface area contributed by atoms with Gasteiger partial charge >= 0.3 is 0 Å². The Kier molecular flexibility index (Phi) is 3.59. The molecule has 0 fully saturated rings. The third-order valence-corrected chi connectivity index (χ3v) is 3.97. The zero-order valence-corrected chi connectivity index (χ0v) is 12.4. The van der Waals surface area contributed by atoms with Gasteiger partial charge in [-0.05, 0) is 29.8 Å². The second-order valence-corrected chi connectivity index (χ2v) is 5.65. The summed E-state index contributed by atoms with van der Waals surface area (Å²) in [7, 11) is 0. The second kappa shape index (κ2) is 5.38. The van der Waals surface area contributed by atoms with Crippen LogP contribution in [0.25, 0.3) is 10.9 Å². The first-order valence-electron chi connectivity index (χ1n) is 6.40. The Labute approximate surface area is 125 Å². The monoisotopic (exact) mass is 332 g/mol. The van der Waals surface area contributed by atoms with Crippen molar-refractivity contribution in [2.45, 2.75) is 13.1 Å². The van der Waals surface area contributed by atoms with Gasteiger partial charge in [0.15, 0.2) is 0 Å². The first-order chi connectivity index (χ1) is 9.69. The fraction of sp³-hybridized carbons (Fsp3) is 0.125. The van der Waals surface area contributed by atoms with E-state index in [0.29, 0.717) is 18.7 Å². The maximum atomic E-state index is 13.9. The summed E-state index contributed by atoms with van der Waals surface area (Å²) >= 11 is 3.27. The zero-order valence-electron chi connectivity index (χ0n) is 10.8. The van der Waals surface area contributed by atoms with Gasteiger partial charge in [0.2, 0.25) is 0 Å². The molecule has 0 saturated heterocycles. The van der Waals surface area contributed by atoms with Gasteiger partial charge in [-0.1, -0.05) is 34.1 Å². The smallest absolute Gasteiger partial charge is 0.129 e. The van der Waals surface area contributed by atoms with Gasteiger partial charge in [-0.25, -0.2) is 4.39 Å². The topological polar surface area (TPSA) is 30.9 Å². The van der Waals surface area contributed by atoms with Crippen LogP contribution in [0.3, 0.4) is 0 Å². The molecule has 1 aromatic heterocycles. The lowest BCUT2D eigenvalue weighted by Gasteiger charge is -2.08. The SMILES string of the molecule is NCc1cccc2c1ccn2Cc1ccc(Br)cc1F. The minimum absolute atomic E-state index is 0.198. The maximum absolute atomic E-state index is 13.9. The van der Waals surface area contributed by atoms with Crippen LogP contribution >= 0.6 is 15.9 Å². The lowest BCUT2D eigenvalue weighted by Crippen LogP contribution is -2.01. The van der Waals surface area contributed by atoms with Gasteiger partial charge < -0.3 is 10.3 Å². The Morgan fingerprint density at radius 2 is 1.95 bits per heavy atom. The fourth-order valence-electron chi connectivity index (χ4n) is 2.44. The van der Waals surface area contributed by atoms with Gasteiger partial charge in [-0.2, -0.15) is 0 Å². The predicted molar refractivity (Wildman–Crippen MR) is 83.0 cm³/mol. The van der Waals surface area contributed by atoms with E-state index >= 15 is 0 Å². The van der Waals surface area contributed by atoms with E-state index in [-0.39, 0.29) is 5.82 Å². The standard InChI is InChI=1S/C16H14BrFN2/c17-13-5-4-12(15(18)8-13)10-20-7-6-14-11(9-19)2-1-3-16(14)20/h1-8H,9-10,19H2. The average molecular weight is 333 g/mol. The largest absolute Gasteiger partial charge is 0.343 e. The molecule has 2 N–H and O–H groups in total. The van der Waals surface area contributed by atoms with Crippen molar-refractivity contribution in [2.75, 3.05) is 0 Å². The van der Waals surface area contributed by atoms with Crippen LogP contribution in [0.1, 0.15) is 11.1 Å². The number of fused-ring (bicyclic) bond motifs is 1. The van der Waals surface area contributed by atoms with E-state index in [2.05, 4.69) is 15.9 Å². The second-order valence-electron chi connectivity index (χ2n) is 4.73. The molecule has 3 aromatic rings. The van der Waals surface area contributed by atoms with E-state index in [1.54, 1.807) is 6.07 Å². The Bertz CT molecular complexity index is 764. The molecule has 4 heteroatoms. The van der Waals surface area contributed by atoms with Crippen LogP contribution < -0.4 is 5.73 Å². The molecule has 0 aliphatic heterocycles. The van der Waals surface area contributed by atoms with E-state index < -0.39 is 0 Å². The Morgan fingerprint density at radius 3 is 2.70 bits per heavy atom. The maximum Gasteiger partial charge on any atom is 0.129 e. The summed E-state index contributed by atoms with van der Waals surface area (Å²) in [4.78, 5) is 0. The summed E-state index contributed by atoms with van der Waals surface area (Å²) < 4.78 is 16.7. The summed E-state index contributed by atoms with van der Waals surface area (Å²) in [5.41, 5.74) is 8.60.